The highest BCUT2D eigenvalue weighted by Gasteiger charge is 2.32. The lowest BCUT2D eigenvalue weighted by atomic mass is 9.97. The van der Waals surface area contributed by atoms with Crippen LogP contribution in [0.2, 0.25) is 0 Å². The number of nitrogens with one attached hydrogen (secondary N) is 1. The van der Waals surface area contributed by atoms with Crippen LogP contribution in [0.15, 0.2) is 24.3 Å². The highest BCUT2D eigenvalue weighted by atomic mass is 16.6. The Labute approximate surface area is 191 Å². The number of benzene rings is 1. The minimum atomic E-state index is -0.546. The molecule has 3 rings (SSSR count). The number of hydrogen-bond donors (Lipinski definition) is 1. The Balaban J connectivity index is 1.61. The molecule has 2 amide bonds. The number of nitrogens with zero attached hydrogens (tertiary/aromatic N) is 2. The third kappa shape index (κ3) is 6.84. The molecule has 0 saturated carbocycles. The molecule has 1 aromatic carbocycles. The van der Waals surface area contributed by atoms with Crippen molar-refractivity contribution in [2.75, 3.05) is 53.0 Å². The molecule has 0 spiro atoms. The molecule has 1 aromatic rings. The highest BCUT2D eigenvalue weighted by molar-refractivity contribution is 5.80. The molecule has 2 unspecified atom stereocenters. The fourth-order valence-electron chi connectivity index (χ4n) is 4.20. The number of carbonyl (C=O) groups excluding carboxylic acids is 2. The maximum absolute atomic E-state index is 13.0. The second kappa shape index (κ2) is 11.0. The number of rotatable bonds is 6. The summed E-state index contributed by atoms with van der Waals surface area (Å²) in [6.07, 6.45) is 1.22. The quantitative estimate of drug-likeness (QED) is 0.722. The summed E-state index contributed by atoms with van der Waals surface area (Å²) in [5, 5.41) is 3.15. The van der Waals surface area contributed by atoms with E-state index in [0.29, 0.717) is 32.8 Å². The number of carbonyl (C=O) groups is 2. The van der Waals surface area contributed by atoms with Crippen molar-refractivity contribution in [3.8, 4) is 5.75 Å². The first-order valence-corrected chi connectivity index (χ1v) is 11.5. The van der Waals surface area contributed by atoms with Gasteiger partial charge in [0.15, 0.2) is 0 Å². The van der Waals surface area contributed by atoms with Gasteiger partial charge in [0, 0.05) is 32.7 Å². The SMILES string of the molecule is COc1ccc(C(CNC(=O)C2CCCN(C(=O)OC(C)(C)C)C2)N2CCOCC2)cc1. The van der Waals surface area contributed by atoms with Gasteiger partial charge in [-0.1, -0.05) is 12.1 Å². The molecule has 0 bridgehead atoms. The Bertz CT molecular complexity index is 756. The predicted octanol–water partition coefficient (Wildman–Crippen LogP) is 2.83. The zero-order valence-corrected chi connectivity index (χ0v) is 19.8. The van der Waals surface area contributed by atoms with Crippen LogP contribution < -0.4 is 10.1 Å². The van der Waals surface area contributed by atoms with E-state index in [1.54, 1.807) is 12.0 Å². The third-order valence-corrected chi connectivity index (χ3v) is 5.90. The van der Waals surface area contributed by atoms with Crippen molar-refractivity contribution in [2.45, 2.75) is 45.3 Å². The molecule has 32 heavy (non-hydrogen) atoms. The first-order valence-electron chi connectivity index (χ1n) is 11.5. The third-order valence-electron chi connectivity index (χ3n) is 5.90. The maximum Gasteiger partial charge on any atom is 0.410 e. The van der Waals surface area contributed by atoms with Crippen molar-refractivity contribution in [1.82, 2.24) is 15.1 Å². The second-order valence-electron chi connectivity index (χ2n) is 9.45. The smallest absolute Gasteiger partial charge is 0.410 e. The van der Waals surface area contributed by atoms with Gasteiger partial charge in [-0.15, -0.1) is 0 Å². The normalized spacial score (nSPS) is 21.0. The number of likely N-dealkylation sites (tertiary alicyclic amines) is 1. The van der Waals surface area contributed by atoms with Gasteiger partial charge in [-0.05, 0) is 51.3 Å². The lowest BCUT2D eigenvalue weighted by Gasteiger charge is -2.36. The van der Waals surface area contributed by atoms with Crippen LogP contribution in [-0.4, -0.2) is 80.4 Å². The number of ether oxygens (including phenoxy) is 3. The topological polar surface area (TPSA) is 80.3 Å². The zero-order valence-electron chi connectivity index (χ0n) is 19.8. The summed E-state index contributed by atoms with van der Waals surface area (Å²) in [5.41, 5.74) is 0.586. The largest absolute Gasteiger partial charge is 0.497 e. The van der Waals surface area contributed by atoms with Crippen LogP contribution >= 0.6 is 0 Å². The van der Waals surface area contributed by atoms with E-state index in [2.05, 4.69) is 22.3 Å². The van der Waals surface area contributed by atoms with Crippen LogP contribution in [0, 0.1) is 5.92 Å². The molecule has 2 atom stereocenters. The van der Waals surface area contributed by atoms with Crippen LogP contribution in [0.5, 0.6) is 5.75 Å². The van der Waals surface area contributed by atoms with Gasteiger partial charge < -0.3 is 24.4 Å². The van der Waals surface area contributed by atoms with E-state index in [0.717, 1.165) is 37.2 Å². The predicted molar refractivity (Wildman–Crippen MR) is 122 cm³/mol. The molecular weight excluding hydrogens is 410 g/mol. The summed E-state index contributed by atoms with van der Waals surface area (Å²) in [7, 11) is 1.65. The second-order valence-corrected chi connectivity index (χ2v) is 9.45. The molecule has 2 saturated heterocycles. The van der Waals surface area contributed by atoms with Crippen molar-refractivity contribution < 1.29 is 23.8 Å². The number of amides is 2. The number of hydrogen-bond acceptors (Lipinski definition) is 6. The van der Waals surface area contributed by atoms with Gasteiger partial charge in [0.25, 0.3) is 0 Å². The van der Waals surface area contributed by atoms with E-state index in [9.17, 15) is 9.59 Å². The lowest BCUT2D eigenvalue weighted by molar-refractivity contribution is -0.126. The van der Waals surface area contributed by atoms with Gasteiger partial charge in [0.05, 0.1) is 32.3 Å². The molecule has 178 valence electrons. The van der Waals surface area contributed by atoms with Gasteiger partial charge in [-0.2, -0.15) is 0 Å². The van der Waals surface area contributed by atoms with Crippen molar-refractivity contribution in [2.24, 2.45) is 5.92 Å². The van der Waals surface area contributed by atoms with Gasteiger partial charge in [0.1, 0.15) is 11.4 Å². The Morgan fingerprint density at radius 1 is 1.16 bits per heavy atom. The summed E-state index contributed by atoms with van der Waals surface area (Å²) >= 11 is 0. The maximum atomic E-state index is 13.0. The Hall–Kier alpha value is -2.32. The van der Waals surface area contributed by atoms with E-state index >= 15 is 0 Å². The van der Waals surface area contributed by atoms with Crippen LogP contribution in [0.3, 0.4) is 0 Å². The van der Waals surface area contributed by atoms with E-state index < -0.39 is 5.60 Å². The number of methoxy groups -OCH3 is 1. The fraction of sp³-hybridized carbons (Fsp3) is 0.667. The summed E-state index contributed by atoms with van der Waals surface area (Å²) < 4.78 is 16.3. The molecule has 2 heterocycles. The minimum Gasteiger partial charge on any atom is -0.497 e. The van der Waals surface area contributed by atoms with Gasteiger partial charge >= 0.3 is 6.09 Å². The van der Waals surface area contributed by atoms with E-state index in [1.807, 2.05) is 32.9 Å². The summed E-state index contributed by atoms with van der Waals surface area (Å²) in [6.45, 7) is 10.1. The van der Waals surface area contributed by atoms with Gasteiger partial charge in [-0.3, -0.25) is 9.69 Å². The summed E-state index contributed by atoms with van der Waals surface area (Å²) in [5.74, 6) is 0.574. The average molecular weight is 448 g/mol. The zero-order chi connectivity index (χ0) is 23.1. The van der Waals surface area contributed by atoms with Gasteiger partial charge in [0.2, 0.25) is 5.91 Å². The number of piperidine rings is 1. The molecule has 2 aliphatic rings. The Morgan fingerprint density at radius 3 is 2.47 bits per heavy atom. The van der Waals surface area contributed by atoms with Crippen molar-refractivity contribution >= 4 is 12.0 Å². The summed E-state index contributed by atoms with van der Waals surface area (Å²) in [6, 6.07) is 8.06. The average Bonchev–Trinajstić information content (AvgIpc) is 2.79. The summed E-state index contributed by atoms with van der Waals surface area (Å²) in [4.78, 5) is 29.5. The monoisotopic (exact) mass is 447 g/mol. The molecule has 2 aliphatic heterocycles. The highest BCUT2D eigenvalue weighted by Crippen LogP contribution is 2.25. The van der Waals surface area contributed by atoms with Crippen molar-refractivity contribution in [3.63, 3.8) is 0 Å². The van der Waals surface area contributed by atoms with E-state index in [4.69, 9.17) is 14.2 Å². The fourth-order valence-corrected chi connectivity index (χ4v) is 4.20. The number of morpholine rings is 1. The van der Waals surface area contributed by atoms with Crippen LogP contribution in [0.1, 0.15) is 45.2 Å². The van der Waals surface area contributed by atoms with Crippen LogP contribution in [0.4, 0.5) is 4.79 Å². The molecule has 8 heteroatoms. The van der Waals surface area contributed by atoms with E-state index in [-0.39, 0.29) is 24.0 Å². The minimum absolute atomic E-state index is 0.00923. The molecular formula is C24H37N3O5. The molecule has 1 N–H and O–H groups in total. The first kappa shape index (κ1) is 24.3. The van der Waals surface area contributed by atoms with E-state index in [1.165, 1.54) is 0 Å². The Kier molecular flexibility index (Phi) is 8.37. The molecule has 0 aliphatic carbocycles. The lowest BCUT2D eigenvalue weighted by Crippen LogP contribution is -2.49. The van der Waals surface area contributed by atoms with Crippen molar-refractivity contribution in [3.05, 3.63) is 29.8 Å². The first-order chi connectivity index (χ1) is 15.3. The molecule has 0 aromatic heterocycles. The Morgan fingerprint density at radius 2 is 1.84 bits per heavy atom. The van der Waals surface area contributed by atoms with Crippen LogP contribution in [-0.2, 0) is 14.3 Å². The molecule has 8 nitrogen and oxygen atoms in total. The standard InChI is InChI=1S/C24H37N3O5/c1-24(2,3)32-23(29)27-11-5-6-19(17-27)22(28)25-16-21(26-12-14-31-15-13-26)18-7-9-20(30-4)10-8-18/h7-10,19,21H,5-6,11-17H2,1-4H3,(H,25,28). The van der Waals surface area contributed by atoms with Gasteiger partial charge in [-0.25, -0.2) is 4.79 Å². The van der Waals surface area contributed by atoms with Crippen molar-refractivity contribution in [1.29, 1.82) is 0 Å². The molecule has 0 radical (unpaired) electrons. The van der Waals surface area contributed by atoms with Crippen LogP contribution in [0.25, 0.3) is 0 Å². The molecule has 2 fully saturated rings.